The molecule has 2 rings (SSSR count). The number of anilines is 1. The molecule has 37 heavy (non-hydrogen) atoms. The van der Waals surface area contributed by atoms with Crippen molar-refractivity contribution in [2.24, 2.45) is 0 Å². The quantitative estimate of drug-likeness (QED) is 0.417. The van der Waals surface area contributed by atoms with E-state index in [9.17, 15) is 19.5 Å². The van der Waals surface area contributed by atoms with E-state index in [2.05, 4.69) is 17.2 Å². The van der Waals surface area contributed by atoms with Crippen LogP contribution in [0.1, 0.15) is 43.5 Å². The van der Waals surface area contributed by atoms with Crippen LogP contribution in [0.3, 0.4) is 0 Å². The third kappa shape index (κ3) is 8.08. The highest BCUT2D eigenvalue weighted by atomic mass is 16.6. The minimum atomic E-state index is -1.34. The summed E-state index contributed by atoms with van der Waals surface area (Å²) < 4.78 is 10.4. The number of carbonyl (C=O) groups is 3. The number of aliphatic hydroxyl groups excluding tert-OH is 1. The van der Waals surface area contributed by atoms with Gasteiger partial charge in [-0.3, -0.25) is 9.59 Å². The first-order valence-electron chi connectivity index (χ1n) is 11.9. The molecule has 0 saturated heterocycles. The Morgan fingerprint density at radius 2 is 1.68 bits per heavy atom. The molecule has 3 N–H and O–H groups in total. The van der Waals surface area contributed by atoms with Gasteiger partial charge in [-0.15, -0.1) is 6.58 Å². The second-order valence-electron chi connectivity index (χ2n) is 9.59. The maximum atomic E-state index is 13.8. The number of nitrogens with zero attached hydrogens (tertiary/aromatic N) is 1. The van der Waals surface area contributed by atoms with Gasteiger partial charge in [-0.1, -0.05) is 24.3 Å². The topological polar surface area (TPSA) is 117 Å². The van der Waals surface area contributed by atoms with Gasteiger partial charge in [-0.25, -0.2) is 4.79 Å². The summed E-state index contributed by atoms with van der Waals surface area (Å²) in [7, 11) is 1.55. The number of nitrogens with one attached hydrogen (secondary N) is 2. The number of hydrogen-bond acceptors (Lipinski definition) is 6. The summed E-state index contributed by atoms with van der Waals surface area (Å²) in [4.78, 5) is 41.1. The Bertz CT molecular complexity index is 1090. The van der Waals surface area contributed by atoms with Gasteiger partial charge in [0.15, 0.2) is 0 Å². The zero-order valence-electron chi connectivity index (χ0n) is 22.3. The largest absolute Gasteiger partial charge is 0.497 e. The highest BCUT2D eigenvalue weighted by Gasteiger charge is 2.37. The average molecular weight is 512 g/mol. The van der Waals surface area contributed by atoms with Crippen LogP contribution in [0, 0.1) is 13.8 Å². The summed E-state index contributed by atoms with van der Waals surface area (Å²) in [6.07, 6.45) is 0.630. The van der Waals surface area contributed by atoms with Gasteiger partial charge in [-0.05, 0) is 75.6 Å². The van der Waals surface area contributed by atoms with E-state index in [0.29, 0.717) is 17.0 Å². The maximum Gasteiger partial charge on any atom is 0.408 e. The predicted octanol–water partition coefficient (Wildman–Crippen LogP) is 3.89. The van der Waals surface area contributed by atoms with Crippen LogP contribution in [-0.2, 0) is 14.3 Å². The van der Waals surface area contributed by atoms with Crippen molar-refractivity contribution < 1.29 is 29.0 Å². The van der Waals surface area contributed by atoms with Crippen LogP contribution in [0.4, 0.5) is 10.5 Å². The second kappa shape index (κ2) is 12.9. The lowest BCUT2D eigenvalue weighted by Gasteiger charge is -2.34. The van der Waals surface area contributed by atoms with E-state index < -0.39 is 42.2 Å². The van der Waals surface area contributed by atoms with E-state index in [0.717, 1.165) is 11.1 Å². The van der Waals surface area contributed by atoms with Crippen molar-refractivity contribution in [3.63, 3.8) is 0 Å². The number of carbonyl (C=O) groups excluding carboxylic acids is 3. The van der Waals surface area contributed by atoms with Gasteiger partial charge in [0.2, 0.25) is 5.91 Å². The summed E-state index contributed by atoms with van der Waals surface area (Å²) in [5.74, 6) is -0.496. The Morgan fingerprint density at radius 3 is 2.16 bits per heavy atom. The number of benzene rings is 2. The number of methoxy groups -OCH3 is 1. The molecule has 2 unspecified atom stereocenters. The first-order valence-corrected chi connectivity index (χ1v) is 11.9. The van der Waals surface area contributed by atoms with Crippen molar-refractivity contribution in [2.75, 3.05) is 25.6 Å². The number of alkyl carbamates (subject to hydrolysis) is 1. The highest BCUT2D eigenvalue weighted by molar-refractivity contribution is 5.99. The molecule has 0 radical (unpaired) electrons. The number of aliphatic hydroxyl groups is 1. The number of aryl methyl sites for hydroxylation is 2. The third-order valence-electron chi connectivity index (χ3n) is 5.51. The Balaban J connectivity index is 2.50. The zero-order chi connectivity index (χ0) is 27.8. The molecule has 0 saturated carbocycles. The Morgan fingerprint density at radius 1 is 1.08 bits per heavy atom. The average Bonchev–Trinajstić information content (AvgIpc) is 2.82. The van der Waals surface area contributed by atoms with E-state index in [1.807, 2.05) is 32.0 Å². The SMILES string of the molecule is C=CCN(C(=O)C(CO)NC(=O)OC(C)(C)C)C(C(=O)Nc1ccc(OC)cc1)c1c(C)cccc1C. The Kier molecular flexibility index (Phi) is 10.3. The molecule has 3 amide bonds. The monoisotopic (exact) mass is 511 g/mol. The summed E-state index contributed by atoms with van der Waals surface area (Å²) in [5.41, 5.74) is 1.96. The molecule has 0 bridgehead atoms. The Hall–Kier alpha value is -3.85. The van der Waals surface area contributed by atoms with Crippen molar-refractivity contribution in [1.82, 2.24) is 10.2 Å². The van der Waals surface area contributed by atoms with Gasteiger partial charge in [0.1, 0.15) is 23.4 Å². The van der Waals surface area contributed by atoms with Gasteiger partial charge in [-0.2, -0.15) is 0 Å². The molecule has 0 fully saturated rings. The van der Waals surface area contributed by atoms with Crippen molar-refractivity contribution in [2.45, 2.75) is 52.3 Å². The molecule has 2 atom stereocenters. The Labute approximate surface area is 218 Å². The minimum Gasteiger partial charge on any atom is -0.497 e. The van der Waals surface area contributed by atoms with Crippen molar-refractivity contribution in [3.05, 3.63) is 71.8 Å². The zero-order valence-corrected chi connectivity index (χ0v) is 22.3. The molecule has 0 aliphatic carbocycles. The molecule has 0 aromatic heterocycles. The molecule has 200 valence electrons. The van der Waals surface area contributed by atoms with E-state index in [1.54, 1.807) is 52.1 Å². The van der Waals surface area contributed by atoms with Crippen LogP contribution in [0.15, 0.2) is 55.1 Å². The molecule has 0 aliphatic rings. The van der Waals surface area contributed by atoms with Gasteiger partial charge in [0.05, 0.1) is 13.7 Å². The molecular formula is C28H37N3O6. The molecule has 9 nitrogen and oxygen atoms in total. The van der Waals surface area contributed by atoms with E-state index in [1.165, 1.54) is 11.0 Å². The van der Waals surface area contributed by atoms with Crippen LogP contribution in [-0.4, -0.2) is 59.8 Å². The van der Waals surface area contributed by atoms with Crippen molar-refractivity contribution in [3.8, 4) is 5.75 Å². The first kappa shape index (κ1) is 29.4. The van der Waals surface area contributed by atoms with Gasteiger partial charge < -0.3 is 30.1 Å². The fourth-order valence-corrected chi connectivity index (χ4v) is 3.87. The minimum absolute atomic E-state index is 0.0141. The smallest absolute Gasteiger partial charge is 0.408 e. The number of amides is 3. The molecule has 2 aromatic rings. The standard InChI is InChI=1S/C28H37N3O6/c1-8-16-31(26(34)22(17-32)30-27(35)37-28(4,5)6)24(23-18(2)10-9-11-19(23)3)25(33)29-20-12-14-21(36-7)15-13-20/h8-15,22,24,32H,1,16-17H2,2-7H3,(H,29,33)(H,30,35). The summed E-state index contributed by atoms with van der Waals surface area (Å²) in [6.45, 7) is 11.8. The molecule has 0 heterocycles. The summed E-state index contributed by atoms with van der Waals surface area (Å²) >= 11 is 0. The number of hydrogen-bond donors (Lipinski definition) is 3. The fourth-order valence-electron chi connectivity index (χ4n) is 3.87. The predicted molar refractivity (Wildman–Crippen MR) is 142 cm³/mol. The summed E-state index contributed by atoms with van der Waals surface area (Å²) in [6, 6.07) is 9.97. The van der Waals surface area contributed by atoms with E-state index in [4.69, 9.17) is 9.47 Å². The normalized spacial score (nSPS) is 12.6. The highest BCUT2D eigenvalue weighted by Crippen LogP contribution is 2.30. The second-order valence-corrected chi connectivity index (χ2v) is 9.59. The molecule has 2 aromatic carbocycles. The first-order chi connectivity index (χ1) is 17.4. The van der Waals surface area contributed by atoms with Crippen LogP contribution < -0.4 is 15.4 Å². The third-order valence-corrected chi connectivity index (χ3v) is 5.51. The van der Waals surface area contributed by atoms with Crippen LogP contribution in [0.2, 0.25) is 0 Å². The van der Waals surface area contributed by atoms with Gasteiger partial charge in [0.25, 0.3) is 5.91 Å². The van der Waals surface area contributed by atoms with Crippen molar-refractivity contribution in [1.29, 1.82) is 0 Å². The fraction of sp³-hybridized carbons (Fsp3) is 0.393. The van der Waals surface area contributed by atoms with Crippen LogP contribution in [0.5, 0.6) is 5.75 Å². The number of ether oxygens (including phenoxy) is 2. The lowest BCUT2D eigenvalue weighted by Crippen LogP contribution is -2.54. The lowest BCUT2D eigenvalue weighted by molar-refractivity contribution is -0.141. The summed E-state index contributed by atoms with van der Waals surface area (Å²) in [5, 5.41) is 15.3. The van der Waals surface area contributed by atoms with Gasteiger partial charge in [0, 0.05) is 12.2 Å². The molecule has 9 heteroatoms. The van der Waals surface area contributed by atoms with Crippen molar-refractivity contribution >= 4 is 23.6 Å². The number of rotatable bonds is 10. The maximum absolute atomic E-state index is 13.8. The molecule has 0 spiro atoms. The molecular weight excluding hydrogens is 474 g/mol. The van der Waals surface area contributed by atoms with E-state index >= 15 is 0 Å². The molecule has 0 aliphatic heterocycles. The van der Waals surface area contributed by atoms with Gasteiger partial charge >= 0.3 is 6.09 Å². The van der Waals surface area contributed by atoms with Crippen LogP contribution in [0.25, 0.3) is 0 Å². The van der Waals surface area contributed by atoms with Crippen LogP contribution >= 0.6 is 0 Å². The van der Waals surface area contributed by atoms with E-state index in [-0.39, 0.29) is 6.54 Å². The lowest BCUT2D eigenvalue weighted by atomic mass is 9.93.